The van der Waals surface area contributed by atoms with Crippen LogP contribution >= 0.6 is 0 Å². The number of fused-ring (bicyclic) bond motifs is 2. The lowest BCUT2D eigenvalue weighted by Gasteiger charge is -2.27. The van der Waals surface area contributed by atoms with Crippen LogP contribution in [0.3, 0.4) is 0 Å². The Kier molecular flexibility index (Phi) is 3.72. The SMILES string of the molecule is CC(C)OC(=O)C1=CCCC(C)(C)C2=C1Cc1ccccc12. The second-order valence-electron chi connectivity index (χ2n) is 7.18. The number of esters is 1. The van der Waals surface area contributed by atoms with Crippen molar-refractivity contribution in [3.05, 3.63) is 52.6 Å². The van der Waals surface area contributed by atoms with Gasteiger partial charge in [-0.15, -0.1) is 0 Å². The Morgan fingerprint density at radius 1 is 1.23 bits per heavy atom. The molecule has 22 heavy (non-hydrogen) atoms. The van der Waals surface area contributed by atoms with E-state index in [0.29, 0.717) is 0 Å². The predicted molar refractivity (Wildman–Crippen MR) is 89.4 cm³/mol. The zero-order valence-corrected chi connectivity index (χ0v) is 13.9. The monoisotopic (exact) mass is 296 g/mol. The predicted octanol–water partition coefficient (Wildman–Crippen LogP) is 4.69. The molecule has 2 aliphatic carbocycles. The Bertz CT molecular complexity index is 675. The maximum Gasteiger partial charge on any atom is 0.338 e. The fourth-order valence-corrected chi connectivity index (χ4v) is 3.67. The molecule has 0 aliphatic heterocycles. The van der Waals surface area contributed by atoms with E-state index < -0.39 is 0 Å². The molecule has 116 valence electrons. The third-order valence-electron chi connectivity index (χ3n) is 4.64. The van der Waals surface area contributed by atoms with Gasteiger partial charge < -0.3 is 4.74 Å². The number of carbonyl (C=O) groups excluding carboxylic acids is 1. The van der Waals surface area contributed by atoms with E-state index in [9.17, 15) is 4.79 Å². The number of benzene rings is 1. The lowest BCUT2D eigenvalue weighted by molar-refractivity contribution is -0.142. The van der Waals surface area contributed by atoms with Crippen molar-refractivity contribution < 1.29 is 9.53 Å². The van der Waals surface area contributed by atoms with Gasteiger partial charge in [-0.05, 0) is 60.8 Å². The second-order valence-corrected chi connectivity index (χ2v) is 7.18. The van der Waals surface area contributed by atoms with Gasteiger partial charge in [0.2, 0.25) is 0 Å². The number of hydrogen-bond acceptors (Lipinski definition) is 2. The summed E-state index contributed by atoms with van der Waals surface area (Å²) in [5.41, 5.74) is 6.02. The van der Waals surface area contributed by atoms with E-state index in [-0.39, 0.29) is 17.5 Å². The summed E-state index contributed by atoms with van der Waals surface area (Å²) in [6.45, 7) is 8.37. The van der Waals surface area contributed by atoms with Crippen molar-refractivity contribution in [2.75, 3.05) is 0 Å². The number of carbonyl (C=O) groups is 1. The molecule has 0 aromatic heterocycles. The molecule has 0 atom stereocenters. The van der Waals surface area contributed by atoms with Crippen LogP contribution in [-0.2, 0) is 16.0 Å². The van der Waals surface area contributed by atoms with Crippen molar-refractivity contribution in [3.8, 4) is 0 Å². The summed E-state index contributed by atoms with van der Waals surface area (Å²) in [4.78, 5) is 12.5. The molecule has 0 saturated carbocycles. The van der Waals surface area contributed by atoms with Crippen molar-refractivity contribution in [1.82, 2.24) is 0 Å². The smallest absolute Gasteiger partial charge is 0.338 e. The minimum absolute atomic E-state index is 0.0816. The van der Waals surface area contributed by atoms with Crippen molar-refractivity contribution >= 4 is 11.5 Å². The summed E-state index contributed by atoms with van der Waals surface area (Å²) in [6, 6.07) is 8.53. The minimum Gasteiger partial charge on any atom is -0.459 e. The zero-order valence-electron chi connectivity index (χ0n) is 13.9. The molecular formula is C20H24O2. The van der Waals surface area contributed by atoms with Gasteiger partial charge >= 0.3 is 5.97 Å². The van der Waals surface area contributed by atoms with Crippen LogP contribution in [0.5, 0.6) is 0 Å². The molecule has 3 rings (SSSR count). The number of ether oxygens (including phenoxy) is 1. The van der Waals surface area contributed by atoms with E-state index in [1.807, 2.05) is 13.8 Å². The molecule has 1 aromatic carbocycles. The van der Waals surface area contributed by atoms with Gasteiger partial charge in [-0.1, -0.05) is 44.2 Å². The molecule has 0 radical (unpaired) electrons. The topological polar surface area (TPSA) is 26.3 Å². The van der Waals surface area contributed by atoms with Crippen molar-refractivity contribution in [2.24, 2.45) is 5.41 Å². The minimum atomic E-state index is -0.173. The molecule has 0 fully saturated rings. The van der Waals surface area contributed by atoms with Gasteiger partial charge in [0, 0.05) is 0 Å². The van der Waals surface area contributed by atoms with Gasteiger partial charge in [0.1, 0.15) is 0 Å². The molecule has 0 bridgehead atoms. The first-order valence-electron chi connectivity index (χ1n) is 8.13. The van der Waals surface area contributed by atoms with Crippen LogP contribution in [0.4, 0.5) is 0 Å². The normalized spacial score (nSPS) is 19.4. The zero-order chi connectivity index (χ0) is 15.9. The summed E-state index contributed by atoms with van der Waals surface area (Å²) in [7, 11) is 0. The van der Waals surface area contributed by atoms with Crippen molar-refractivity contribution in [1.29, 1.82) is 0 Å². The Balaban J connectivity index is 2.10. The Labute approximate surface area is 132 Å². The van der Waals surface area contributed by atoms with Crippen LogP contribution in [0.15, 0.2) is 41.5 Å². The fraction of sp³-hybridized carbons (Fsp3) is 0.450. The first-order valence-corrected chi connectivity index (χ1v) is 8.13. The van der Waals surface area contributed by atoms with Gasteiger partial charge in [-0.2, -0.15) is 0 Å². The number of hydrogen-bond donors (Lipinski definition) is 0. The van der Waals surface area contributed by atoms with E-state index in [1.54, 1.807) is 0 Å². The molecule has 0 unspecified atom stereocenters. The van der Waals surface area contributed by atoms with Crippen LogP contribution in [-0.4, -0.2) is 12.1 Å². The Hall–Kier alpha value is -1.83. The molecule has 0 saturated heterocycles. The third-order valence-corrected chi connectivity index (χ3v) is 4.64. The highest BCUT2D eigenvalue weighted by Crippen LogP contribution is 2.50. The molecule has 0 spiro atoms. The molecule has 0 N–H and O–H groups in total. The standard InChI is InChI=1S/C20H24O2/c1-13(2)22-19(21)16-10-7-11-20(3,4)18-15-9-6-5-8-14(15)12-17(16)18/h5-6,8-10,13H,7,11-12H2,1-4H3. The van der Waals surface area contributed by atoms with Crippen LogP contribution < -0.4 is 0 Å². The van der Waals surface area contributed by atoms with E-state index in [0.717, 1.165) is 24.8 Å². The highest BCUT2D eigenvalue weighted by molar-refractivity contribution is 5.99. The maximum atomic E-state index is 12.5. The summed E-state index contributed by atoms with van der Waals surface area (Å²) >= 11 is 0. The van der Waals surface area contributed by atoms with Gasteiger partial charge in [0.15, 0.2) is 0 Å². The lowest BCUT2D eigenvalue weighted by atomic mass is 9.77. The quantitative estimate of drug-likeness (QED) is 0.740. The Morgan fingerprint density at radius 2 is 1.95 bits per heavy atom. The van der Waals surface area contributed by atoms with E-state index in [1.165, 1.54) is 22.3 Å². The van der Waals surface area contributed by atoms with Gasteiger partial charge in [-0.25, -0.2) is 4.79 Å². The third kappa shape index (κ3) is 2.51. The number of rotatable bonds is 2. The van der Waals surface area contributed by atoms with Crippen LogP contribution in [0.2, 0.25) is 0 Å². The highest BCUT2D eigenvalue weighted by Gasteiger charge is 2.37. The molecule has 0 amide bonds. The largest absolute Gasteiger partial charge is 0.459 e. The molecule has 0 heterocycles. The average molecular weight is 296 g/mol. The molecule has 1 aromatic rings. The molecule has 2 aliphatic rings. The molecule has 2 heteroatoms. The van der Waals surface area contributed by atoms with Crippen molar-refractivity contribution in [3.63, 3.8) is 0 Å². The summed E-state index contributed by atoms with van der Waals surface area (Å²) in [5.74, 6) is -0.173. The van der Waals surface area contributed by atoms with E-state index in [2.05, 4.69) is 44.2 Å². The number of allylic oxidation sites excluding steroid dienone is 2. The summed E-state index contributed by atoms with van der Waals surface area (Å²) in [5, 5.41) is 0. The lowest BCUT2D eigenvalue weighted by Crippen LogP contribution is -2.16. The van der Waals surface area contributed by atoms with E-state index in [4.69, 9.17) is 4.74 Å². The van der Waals surface area contributed by atoms with E-state index >= 15 is 0 Å². The molecule has 2 nitrogen and oxygen atoms in total. The average Bonchev–Trinajstić information content (AvgIpc) is 2.76. The Morgan fingerprint density at radius 3 is 2.68 bits per heavy atom. The van der Waals surface area contributed by atoms with Gasteiger partial charge in [0.25, 0.3) is 0 Å². The highest BCUT2D eigenvalue weighted by atomic mass is 16.5. The van der Waals surface area contributed by atoms with Gasteiger partial charge in [0.05, 0.1) is 11.7 Å². The van der Waals surface area contributed by atoms with Crippen LogP contribution in [0, 0.1) is 5.41 Å². The first kappa shape index (κ1) is 15.1. The second kappa shape index (κ2) is 5.42. The summed E-state index contributed by atoms with van der Waals surface area (Å²) < 4.78 is 5.48. The maximum absolute atomic E-state index is 12.5. The van der Waals surface area contributed by atoms with Crippen LogP contribution in [0.1, 0.15) is 51.7 Å². The first-order chi connectivity index (χ1) is 10.4. The molecular weight excluding hydrogens is 272 g/mol. The fourth-order valence-electron chi connectivity index (χ4n) is 3.67. The van der Waals surface area contributed by atoms with Crippen LogP contribution in [0.25, 0.3) is 5.57 Å². The van der Waals surface area contributed by atoms with Crippen molar-refractivity contribution in [2.45, 2.75) is 53.1 Å². The van der Waals surface area contributed by atoms with Gasteiger partial charge in [-0.3, -0.25) is 0 Å². The summed E-state index contributed by atoms with van der Waals surface area (Å²) in [6.07, 6.45) is 4.82.